The number of benzene rings is 1. The number of hydrogen-bond acceptors (Lipinski definition) is 3. The molecule has 94 valence electrons. The quantitative estimate of drug-likeness (QED) is 0.927. The van der Waals surface area contributed by atoms with Crippen molar-refractivity contribution in [3.05, 3.63) is 54.1 Å². The minimum atomic E-state index is -3.72. The van der Waals surface area contributed by atoms with Crippen LogP contribution in [-0.4, -0.2) is 13.4 Å². The summed E-state index contributed by atoms with van der Waals surface area (Å²) in [6.07, 6.45) is 2.71. The Morgan fingerprint density at radius 3 is 2.67 bits per heavy atom. The zero-order valence-corrected chi connectivity index (χ0v) is 10.4. The van der Waals surface area contributed by atoms with Gasteiger partial charge in [0.2, 0.25) is 0 Å². The maximum absolute atomic E-state index is 13.3. The van der Waals surface area contributed by atoms with Gasteiger partial charge < -0.3 is 0 Å². The van der Waals surface area contributed by atoms with Gasteiger partial charge in [-0.1, -0.05) is 6.07 Å². The SMILES string of the molecule is Cc1ccc(NS(=O)(=O)c2cccnc2)cc1F. The Hall–Kier alpha value is -1.95. The number of rotatable bonds is 3. The Morgan fingerprint density at radius 1 is 1.28 bits per heavy atom. The molecular weight excluding hydrogens is 255 g/mol. The molecule has 0 bridgehead atoms. The second-order valence-corrected chi connectivity index (χ2v) is 5.44. The molecule has 0 aliphatic heterocycles. The van der Waals surface area contributed by atoms with Gasteiger partial charge in [0.05, 0.1) is 5.69 Å². The van der Waals surface area contributed by atoms with E-state index in [1.165, 1.54) is 36.7 Å². The van der Waals surface area contributed by atoms with Crippen LogP contribution in [0.25, 0.3) is 0 Å². The third kappa shape index (κ3) is 2.65. The van der Waals surface area contributed by atoms with Gasteiger partial charge in [-0.05, 0) is 36.8 Å². The number of anilines is 1. The van der Waals surface area contributed by atoms with E-state index in [0.29, 0.717) is 5.56 Å². The smallest absolute Gasteiger partial charge is 0.263 e. The largest absolute Gasteiger partial charge is 0.279 e. The summed E-state index contributed by atoms with van der Waals surface area (Å²) in [6, 6.07) is 7.09. The summed E-state index contributed by atoms with van der Waals surface area (Å²) in [5, 5.41) is 0. The van der Waals surface area contributed by atoms with Gasteiger partial charge in [0.15, 0.2) is 0 Å². The normalized spacial score (nSPS) is 11.2. The van der Waals surface area contributed by atoms with E-state index >= 15 is 0 Å². The lowest BCUT2D eigenvalue weighted by atomic mass is 10.2. The Bertz CT molecular complexity index is 657. The molecule has 0 spiro atoms. The first-order valence-electron chi connectivity index (χ1n) is 5.18. The average Bonchev–Trinajstić information content (AvgIpc) is 2.35. The van der Waals surface area contributed by atoms with Crippen LogP contribution < -0.4 is 4.72 Å². The molecule has 0 atom stereocenters. The number of pyridine rings is 1. The van der Waals surface area contributed by atoms with Crippen molar-refractivity contribution in [2.24, 2.45) is 0 Å². The van der Waals surface area contributed by atoms with E-state index in [1.807, 2.05) is 0 Å². The van der Waals surface area contributed by atoms with E-state index in [4.69, 9.17) is 0 Å². The summed E-state index contributed by atoms with van der Waals surface area (Å²) >= 11 is 0. The van der Waals surface area contributed by atoms with Gasteiger partial charge in [-0.3, -0.25) is 9.71 Å². The fraction of sp³-hybridized carbons (Fsp3) is 0.0833. The van der Waals surface area contributed by atoms with Crippen LogP contribution in [0.4, 0.5) is 10.1 Å². The van der Waals surface area contributed by atoms with E-state index in [2.05, 4.69) is 9.71 Å². The fourth-order valence-corrected chi connectivity index (χ4v) is 2.39. The molecule has 0 aliphatic carbocycles. The van der Waals surface area contributed by atoms with Crippen molar-refractivity contribution < 1.29 is 12.8 Å². The maximum atomic E-state index is 13.3. The lowest BCUT2D eigenvalue weighted by molar-refractivity contribution is 0.600. The maximum Gasteiger partial charge on any atom is 0.263 e. The summed E-state index contributed by atoms with van der Waals surface area (Å²) in [7, 11) is -3.72. The van der Waals surface area contributed by atoms with Gasteiger partial charge in [0.25, 0.3) is 10.0 Å². The second-order valence-electron chi connectivity index (χ2n) is 3.76. The van der Waals surface area contributed by atoms with E-state index < -0.39 is 15.8 Å². The number of aryl methyl sites for hydroxylation is 1. The number of aromatic nitrogens is 1. The van der Waals surface area contributed by atoms with Crippen LogP contribution in [0.3, 0.4) is 0 Å². The molecule has 1 aromatic heterocycles. The molecule has 2 rings (SSSR count). The minimum Gasteiger partial charge on any atom is -0.279 e. The molecule has 6 heteroatoms. The number of halogens is 1. The number of nitrogens with zero attached hydrogens (tertiary/aromatic N) is 1. The molecule has 0 saturated heterocycles. The van der Waals surface area contributed by atoms with Crippen LogP contribution in [0.15, 0.2) is 47.6 Å². The van der Waals surface area contributed by atoms with Gasteiger partial charge in [0, 0.05) is 12.4 Å². The molecule has 0 aliphatic rings. The fourth-order valence-electron chi connectivity index (χ4n) is 1.38. The van der Waals surface area contributed by atoms with Gasteiger partial charge in [-0.25, -0.2) is 12.8 Å². The molecule has 2 aromatic rings. The lowest BCUT2D eigenvalue weighted by Crippen LogP contribution is -2.13. The molecule has 4 nitrogen and oxygen atoms in total. The highest BCUT2D eigenvalue weighted by Crippen LogP contribution is 2.17. The van der Waals surface area contributed by atoms with Gasteiger partial charge in [0.1, 0.15) is 10.7 Å². The Labute approximate surface area is 105 Å². The summed E-state index contributed by atoms with van der Waals surface area (Å²) in [5.41, 5.74) is 0.640. The number of nitrogens with one attached hydrogen (secondary N) is 1. The number of hydrogen-bond donors (Lipinski definition) is 1. The van der Waals surface area contributed by atoms with Crippen molar-refractivity contribution in [3.63, 3.8) is 0 Å². The molecule has 0 saturated carbocycles. The summed E-state index contributed by atoms with van der Waals surface area (Å²) in [6.45, 7) is 1.61. The second kappa shape index (κ2) is 4.73. The topological polar surface area (TPSA) is 59.1 Å². The highest BCUT2D eigenvalue weighted by atomic mass is 32.2. The molecule has 1 heterocycles. The lowest BCUT2D eigenvalue weighted by Gasteiger charge is -2.08. The van der Waals surface area contributed by atoms with Crippen LogP contribution in [-0.2, 0) is 10.0 Å². The van der Waals surface area contributed by atoms with Crippen molar-refractivity contribution in [3.8, 4) is 0 Å². The highest BCUT2D eigenvalue weighted by Gasteiger charge is 2.14. The van der Waals surface area contributed by atoms with E-state index in [-0.39, 0.29) is 10.6 Å². The zero-order chi connectivity index (χ0) is 13.2. The summed E-state index contributed by atoms with van der Waals surface area (Å²) in [5.74, 6) is -0.457. The molecule has 0 fully saturated rings. The van der Waals surface area contributed by atoms with E-state index in [9.17, 15) is 12.8 Å². The van der Waals surface area contributed by atoms with Gasteiger partial charge >= 0.3 is 0 Å². The summed E-state index contributed by atoms with van der Waals surface area (Å²) < 4.78 is 39.5. The van der Waals surface area contributed by atoms with Crippen LogP contribution in [0.2, 0.25) is 0 Å². The van der Waals surface area contributed by atoms with Crippen LogP contribution >= 0.6 is 0 Å². The van der Waals surface area contributed by atoms with Crippen LogP contribution in [0, 0.1) is 12.7 Å². The first-order valence-corrected chi connectivity index (χ1v) is 6.66. The molecule has 1 N–H and O–H groups in total. The van der Waals surface area contributed by atoms with E-state index in [0.717, 1.165) is 6.07 Å². The molecule has 0 unspecified atom stereocenters. The Kier molecular flexibility index (Phi) is 3.29. The minimum absolute atomic E-state index is 0.0333. The van der Waals surface area contributed by atoms with Gasteiger partial charge in [-0.15, -0.1) is 0 Å². The third-order valence-corrected chi connectivity index (χ3v) is 3.74. The molecule has 18 heavy (non-hydrogen) atoms. The zero-order valence-electron chi connectivity index (χ0n) is 9.59. The predicted molar refractivity (Wildman–Crippen MR) is 66.2 cm³/mol. The van der Waals surface area contributed by atoms with Crippen molar-refractivity contribution in [1.29, 1.82) is 0 Å². The van der Waals surface area contributed by atoms with E-state index in [1.54, 1.807) is 6.92 Å². The number of sulfonamides is 1. The van der Waals surface area contributed by atoms with Crippen molar-refractivity contribution in [2.75, 3.05) is 4.72 Å². The molecular formula is C12H11FN2O2S. The van der Waals surface area contributed by atoms with Crippen molar-refractivity contribution in [1.82, 2.24) is 4.98 Å². The van der Waals surface area contributed by atoms with Crippen molar-refractivity contribution >= 4 is 15.7 Å². The monoisotopic (exact) mass is 266 g/mol. The molecule has 0 radical (unpaired) electrons. The molecule has 0 amide bonds. The highest BCUT2D eigenvalue weighted by molar-refractivity contribution is 7.92. The third-order valence-electron chi connectivity index (χ3n) is 2.37. The average molecular weight is 266 g/mol. The van der Waals surface area contributed by atoms with Crippen LogP contribution in [0.5, 0.6) is 0 Å². The standard InChI is InChI=1S/C12H11FN2O2S/c1-9-4-5-10(7-12(9)13)15-18(16,17)11-3-2-6-14-8-11/h2-8,15H,1H3. The van der Waals surface area contributed by atoms with Gasteiger partial charge in [-0.2, -0.15) is 0 Å². The summed E-state index contributed by atoms with van der Waals surface area (Å²) in [4.78, 5) is 3.76. The first-order chi connectivity index (χ1) is 8.49. The first kappa shape index (κ1) is 12.5. The van der Waals surface area contributed by atoms with Crippen LogP contribution in [0.1, 0.15) is 5.56 Å². The molecule has 1 aromatic carbocycles. The predicted octanol–water partition coefficient (Wildman–Crippen LogP) is 2.33. The van der Waals surface area contributed by atoms with Crippen molar-refractivity contribution in [2.45, 2.75) is 11.8 Å². The Balaban J connectivity index is 2.31. The Morgan fingerprint density at radius 2 is 2.06 bits per heavy atom.